The maximum Gasteiger partial charge on any atom is 0.266 e. The lowest BCUT2D eigenvalue weighted by molar-refractivity contribution is 0.334. The van der Waals surface area contributed by atoms with Crippen LogP contribution >= 0.6 is 0 Å². The molecule has 1 N–H and O–H groups in total. The Morgan fingerprint density at radius 1 is 1.12 bits per heavy atom. The van der Waals surface area contributed by atoms with Gasteiger partial charge in [-0.05, 0) is 42.4 Å². The molecule has 0 aromatic heterocycles. The maximum absolute atomic E-state index is 13.4. The molecule has 1 aromatic rings. The SMILES string of the molecule is CC(C)c1ccc(S(=O)(=O)N2CC(C3CC3)N=C2N2CCNCC2)cc1. The Morgan fingerprint density at radius 2 is 1.77 bits per heavy atom. The highest BCUT2D eigenvalue weighted by molar-refractivity contribution is 7.89. The van der Waals surface area contributed by atoms with Crippen molar-refractivity contribution in [1.29, 1.82) is 0 Å². The predicted molar refractivity (Wildman–Crippen MR) is 103 cm³/mol. The molecule has 2 fully saturated rings. The highest BCUT2D eigenvalue weighted by atomic mass is 32.2. The molecule has 0 amide bonds. The second-order valence-corrected chi connectivity index (χ2v) is 9.69. The average Bonchev–Trinajstić information content (AvgIpc) is 3.40. The summed E-state index contributed by atoms with van der Waals surface area (Å²) in [6, 6.07) is 7.44. The standard InChI is InChI=1S/C19H28N4O2S/c1-14(2)15-5-7-17(8-6-15)26(24,25)23-13-18(16-3-4-16)21-19(23)22-11-9-20-10-12-22/h5-8,14,16,18,20H,3-4,9-13H2,1-2H3. The van der Waals surface area contributed by atoms with Crippen molar-refractivity contribution in [2.75, 3.05) is 32.7 Å². The molecular weight excluding hydrogens is 348 g/mol. The number of nitrogens with one attached hydrogen (secondary N) is 1. The molecule has 1 aliphatic carbocycles. The third kappa shape index (κ3) is 3.34. The zero-order valence-corrected chi connectivity index (χ0v) is 16.4. The van der Waals surface area contributed by atoms with Crippen molar-refractivity contribution < 1.29 is 8.42 Å². The Kier molecular flexibility index (Phi) is 4.69. The van der Waals surface area contributed by atoms with Gasteiger partial charge in [0.15, 0.2) is 0 Å². The summed E-state index contributed by atoms with van der Waals surface area (Å²) >= 11 is 0. The number of piperazine rings is 1. The largest absolute Gasteiger partial charge is 0.339 e. The van der Waals surface area contributed by atoms with Crippen molar-refractivity contribution >= 4 is 16.0 Å². The molecular formula is C19H28N4O2S. The van der Waals surface area contributed by atoms with E-state index in [1.54, 1.807) is 16.4 Å². The molecule has 2 heterocycles. The molecule has 0 radical (unpaired) electrons. The number of nitrogens with zero attached hydrogens (tertiary/aromatic N) is 3. The van der Waals surface area contributed by atoms with E-state index in [0.717, 1.165) is 31.7 Å². The number of benzene rings is 1. The predicted octanol–water partition coefficient (Wildman–Crippen LogP) is 1.85. The molecule has 0 bridgehead atoms. The summed E-state index contributed by atoms with van der Waals surface area (Å²) in [6.07, 6.45) is 2.33. The average molecular weight is 377 g/mol. The van der Waals surface area contributed by atoms with E-state index >= 15 is 0 Å². The molecule has 3 aliphatic rings. The van der Waals surface area contributed by atoms with Crippen LogP contribution in [0.2, 0.25) is 0 Å². The Hall–Kier alpha value is -1.60. The van der Waals surface area contributed by atoms with Gasteiger partial charge in [-0.3, -0.25) is 0 Å². The lowest BCUT2D eigenvalue weighted by Crippen LogP contribution is -2.52. The topological polar surface area (TPSA) is 65.0 Å². The molecule has 7 heteroatoms. The van der Waals surface area contributed by atoms with Crippen LogP contribution < -0.4 is 5.32 Å². The third-order valence-electron chi connectivity index (χ3n) is 5.56. The first-order chi connectivity index (χ1) is 12.5. The Morgan fingerprint density at radius 3 is 2.35 bits per heavy atom. The van der Waals surface area contributed by atoms with Gasteiger partial charge in [-0.25, -0.2) is 17.7 Å². The molecule has 142 valence electrons. The minimum atomic E-state index is -3.58. The van der Waals surface area contributed by atoms with Crippen LogP contribution in [0.4, 0.5) is 0 Å². The van der Waals surface area contributed by atoms with Gasteiger partial charge >= 0.3 is 0 Å². The van der Waals surface area contributed by atoms with Crippen LogP contribution in [0, 0.1) is 5.92 Å². The van der Waals surface area contributed by atoms with Gasteiger partial charge in [0.2, 0.25) is 5.96 Å². The van der Waals surface area contributed by atoms with Gasteiger partial charge < -0.3 is 10.2 Å². The highest BCUT2D eigenvalue weighted by Gasteiger charge is 2.43. The molecule has 6 nitrogen and oxygen atoms in total. The first-order valence-corrected chi connectivity index (χ1v) is 11.1. The van der Waals surface area contributed by atoms with E-state index in [4.69, 9.17) is 4.99 Å². The van der Waals surface area contributed by atoms with Crippen molar-refractivity contribution in [3.8, 4) is 0 Å². The molecule has 26 heavy (non-hydrogen) atoms. The minimum Gasteiger partial charge on any atom is -0.339 e. The molecule has 1 saturated heterocycles. The van der Waals surface area contributed by atoms with E-state index in [1.165, 1.54) is 12.8 Å². The van der Waals surface area contributed by atoms with Gasteiger partial charge in [0, 0.05) is 26.2 Å². The normalized spacial score (nSPS) is 24.3. The molecule has 2 aliphatic heterocycles. The van der Waals surface area contributed by atoms with Gasteiger partial charge in [-0.1, -0.05) is 26.0 Å². The van der Waals surface area contributed by atoms with Crippen molar-refractivity contribution in [2.24, 2.45) is 10.9 Å². The van der Waals surface area contributed by atoms with Crippen LogP contribution in [0.15, 0.2) is 34.2 Å². The number of guanidine groups is 1. The van der Waals surface area contributed by atoms with Crippen molar-refractivity contribution in [3.05, 3.63) is 29.8 Å². The van der Waals surface area contributed by atoms with Crippen molar-refractivity contribution in [3.63, 3.8) is 0 Å². The van der Waals surface area contributed by atoms with Crippen LogP contribution in [-0.2, 0) is 10.0 Å². The van der Waals surface area contributed by atoms with E-state index in [-0.39, 0.29) is 6.04 Å². The third-order valence-corrected chi connectivity index (χ3v) is 7.32. The van der Waals surface area contributed by atoms with Crippen LogP contribution in [-0.4, -0.2) is 62.3 Å². The van der Waals surface area contributed by atoms with Gasteiger partial charge in [-0.15, -0.1) is 0 Å². The second kappa shape index (κ2) is 6.85. The summed E-state index contributed by atoms with van der Waals surface area (Å²) in [6.45, 7) is 8.04. The van der Waals surface area contributed by atoms with Gasteiger partial charge in [0.1, 0.15) is 0 Å². The van der Waals surface area contributed by atoms with E-state index in [0.29, 0.717) is 29.2 Å². The molecule has 1 atom stereocenters. The fourth-order valence-corrected chi connectivity index (χ4v) is 5.16. The summed E-state index contributed by atoms with van der Waals surface area (Å²) in [5.74, 6) is 1.59. The second-order valence-electron chi connectivity index (χ2n) is 7.83. The Labute approximate surface area is 156 Å². The summed E-state index contributed by atoms with van der Waals surface area (Å²) in [5.41, 5.74) is 1.15. The van der Waals surface area contributed by atoms with Crippen molar-refractivity contribution in [1.82, 2.24) is 14.5 Å². The van der Waals surface area contributed by atoms with Crippen LogP contribution in [0.1, 0.15) is 38.2 Å². The molecule has 1 saturated carbocycles. The molecule has 1 aromatic carbocycles. The number of aliphatic imine (C=N–C) groups is 1. The van der Waals surface area contributed by atoms with Gasteiger partial charge in [-0.2, -0.15) is 0 Å². The quantitative estimate of drug-likeness (QED) is 0.871. The molecule has 0 spiro atoms. The number of hydrogen-bond acceptors (Lipinski definition) is 5. The van der Waals surface area contributed by atoms with Crippen molar-refractivity contribution in [2.45, 2.75) is 43.5 Å². The van der Waals surface area contributed by atoms with E-state index in [1.807, 2.05) is 12.1 Å². The van der Waals surface area contributed by atoms with Crippen LogP contribution in [0.5, 0.6) is 0 Å². The zero-order chi connectivity index (χ0) is 18.3. The Balaban J connectivity index is 1.63. The monoisotopic (exact) mass is 376 g/mol. The maximum atomic E-state index is 13.4. The number of sulfonamides is 1. The summed E-state index contributed by atoms with van der Waals surface area (Å²) in [7, 11) is -3.58. The van der Waals surface area contributed by atoms with E-state index in [2.05, 4.69) is 24.1 Å². The first kappa shape index (κ1) is 17.8. The zero-order valence-electron chi connectivity index (χ0n) is 15.6. The number of rotatable bonds is 4. The van der Waals surface area contributed by atoms with E-state index in [9.17, 15) is 8.42 Å². The lowest BCUT2D eigenvalue weighted by Gasteiger charge is -2.33. The smallest absolute Gasteiger partial charge is 0.266 e. The summed E-state index contributed by atoms with van der Waals surface area (Å²) in [4.78, 5) is 7.34. The molecule has 4 rings (SSSR count). The summed E-state index contributed by atoms with van der Waals surface area (Å²) in [5, 5.41) is 3.32. The van der Waals surface area contributed by atoms with Crippen LogP contribution in [0.3, 0.4) is 0 Å². The lowest BCUT2D eigenvalue weighted by atomic mass is 10.0. The fourth-order valence-electron chi connectivity index (χ4n) is 3.70. The summed E-state index contributed by atoms with van der Waals surface area (Å²) < 4.78 is 28.3. The first-order valence-electron chi connectivity index (χ1n) is 9.63. The fraction of sp³-hybridized carbons (Fsp3) is 0.632. The van der Waals surface area contributed by atoms with Gasteiger partial charge in [0.25, 0.3) is 10.0 Å². The minimum absolute atomic E-state index is 0.115. The highest BCUT2D eigenvalue weighted by Crippen LogP contribution is 2.38. The number of hydrogen-bond donors (Lipinski definition) is 1. The van der Waals surface area contributed by atoms with Crippen LogP contribution in [0.25, 0.3) is 0 Å². The Bertz CT molecular complexity index is 778. The molecule has 1 unspecified atom stereocenters. The van der Waals surface area contributed by atoms with E-state index < -0.39 is 10.0 Å². The van der Waals surface area contributed by atoms with Gasteiger partial charge in [0.05, 0.1) is 17.5 Å².